The maximum atomic E-state index is 11.4. The van der Waals surface area contributed by atoms with E-state index < -0.39 is 5.97 Å². The molecule has 3 aromatic rings. The molecular formula is C29H39N3O2. The smallest absolute Gasteiger partial charge is 0.307 e. The van der Waals surface area contributed by atoms with Crippen molar-refractivity contribution in [3.05, 3.63) is 53.1 Å². The molecule has 0 aliphatic heterocycles. The second-order valence-corrected chi connectivity index (χ2v) is 10.9. The maximum absolute atomic E-state index is 11.4. The van der Waals surface area contributed by atoms with Gasteiger partial charge in [0.05, 0.1) is 17.5 Å². The topological polar surface area (TPSA) is 67.2 Å². The quantitative estimate of drug-likeness (QED) is 0.383. The van der Waals surface area contributed by atoms with E-state index in [-0.39, 0.29) is 6.42 Å². The van der Waals surface area contributed by atoms with Gasteiger partial charge < -0.3 is 15.0 Å². The third-order valence-corrected chi connectivity index (χ3v) is 7.64. The largest absolute Gasteiger partial charge is 0.481 e. The van der Waals surface area contributed by atoms with Crippen LogP contribution in [0.4, 0.5) is 11.6 Å². The predicted molar refractivity (Wildman–Crippen MR) is 140 cm³/mol. The zero-order valence-corrected chi connectivity index (χ0v) is 21.4. The molecule has 0 unspecified atom stereocenters. The summed E-state index contributed by atoms with van der Waals surface area (Å²) in [6.07, 6.45) is 3.64. The van der Waals surface area contributed by atoms with E-state index in [1.54, 1.807) is 0 Å². The summed E-state index contributed by atoms with van der Waals surface area (Å²) in [5.74, 6) is 2.36. The van der Waals surface area contributed by atoms with E-state index >= 15 is 0 Å². The summed E-state index contributed by atoms with van der Waals surface area (Å²) >= 11 is 0. The maximum Gasteiger partial charge on any atom is 0.307 e. The number of imidazole rings is 1. The second kappa shape index (κ2) is 9.81. The van der Waals surface area contributed by atoms with Crippen molar-refractivity contribution in [3.63, 3.8) is 0 Å². The minimum atomic E-state index is -0.813. The molecule has 0 amide bonds. The lowest BCUT2D eigenvalue weighted by Gasteiger charge is -2.39. The summed E-state index contributed by atoms with van der Waals surface area (Å²) in [4.78, 5) is 16.4. The lowest BCUT2D eigenvalue weighted by molar-refractivity contribution is -0.136. The van der Waals surface area contributed by atoms with Gasteiger partial charge in [0, 0.05) is 11.7 Å². The van der Waals surface area contributed by atoms with Gasteiger partial charge >= 0.3 is 5.97 Å². The fraction of sp³-hybridized carbons (Fsp3) is 0.517. The number of rotatable bonds is 7. The standard InChI is InChI=1S/C29H39N3O2/c1-17(2)21-8-10-23(11-9-21)30-29-31-25-15-22(16-28(33)34)20(6)14-27(25)32(29)26-13-19(5)7-12-24(26)18(3)4/h8-11,14-15,17-19,24,26H,7,12-13,16H2,1-6H3,(H,30,31)(H,33,34)/t19-,24+,26-/m1/s1. The van der Waals surface area contributed by atoms with Gasteiger partial charge in [-0.1, -0.05) is 53.2 Å². The molecule has 3 atom stereocenters. The Morgan fingerprint density at radius 3 is 2.47 bits per heavy atom. The molecule has 2 N–H and O–H groups in total. The molecule has 1 aromatic heterocycles. The number of nitrogens with zero attached hydrogens (tertiary/aromatic N) is 2. The number of aryl methyl sites for hydroxylation is 1. The Morgan fingerprint density at radius 2 is 1.85 bits per heavy atom. The normalized spacial score (nSPS) is 20.9. The van der Waals surface area contributed by atoms with Crippen LogP contribution in [0.25, 0.3) is 11.0 Å². The van der Waals surface area contributed by atoms with E-state index in [9.17, 15) is 9.90 Å². The van der Waals surface area contributed by atoms with Crippen LogP contribution in [-0.4, -0.2) is 20.6 Å². The lowest BCUT2D eigenvalue weighted by Crippen LogP contribution is -2.30. The van der Waals surface area contributed by atoms with Crippen molar-refractivity contribution >= 4 is 28.6 Å². The van der Waals surface area contributed by atoms with Crippen LogP contribution in [0.15, 0.2) is 36.4 Å². The van der Waals surface area contributed by atoms with Crippen molar-refractivity contribution < 1.29 is 9.90 Å². The summed E-state index contributed by atoms with van der Waals surface area (Å²) in [6, 6.07) is 13.1. The van der Waals surface area contributed by atoms with Crippen LogP contribution in [0.1, 0.15) is 82.5 Å². The summed E-state index contributed by atoms with van der Waals surface area (Å²) in [6.45, 7) is 13.4. The van der Waals surface area contributed by atoms with E-state index in [0.29, 0.717) is 29.7 Å². The number of carbonyl (C=O) groups is 1. The highest BCUT2D eigenvalue weighted by molar-refractivity contribution is 5.83. The van der Waals surface area contributed by atoms with Gasteiger partial charge in [0.2, 0.25) is 5.95 Å². The first-order chi connectivity index (χ1) is 16.1. The average Bonchev–Trinajstić information content (AvgIpc) is 3.10. The van der Waals surface area contributed by atoms with Gasteiger partial charge in [-0.15, -0.1) is 0 Å². The van der Waals surface area contributed by atoms with Crippen LogP contribution in [0.2, 0.25) is 0 Å². The van der Waals surface area contributed by atoms with Crippen LogP contribution in [0, 0.1) is 24.7 Å². The van der Waals surface area contributed by atoms with Gasteiger partial charge in [-0.2, -0.15) is 0 Å². The minimum absolute atomic E-state index is 0.0170. The zero-order valence-electron chi connectivity index (χ0n) is 21.4. The van der Waals surface area contributed by atoms with Gasteiger partial charge in [0.25, 0.3) is 0 Å². The van der Waals surface area contributed by atoms with Gasteiger partial charge in [-0.3, -0.25) is 4.79 Å². The Kier molecular flexibility index (Phi) is 7.01. The summed E-state index contributed by atoms with van der Waals surface area (Å²) in [7, 11) is 0. The zero-order chi connectivity index (χ0) is 24.6. The molecule has 0 saturated heterocycles. The molecular weight excluding hydrogens is 422 g/mol. The Morgan fingerprint density at radius 1 is 1.15 bits per heavy atom. The molecule has 1 fully saturated rings. The average molecular weight is 462 g/mol. The van der Waals surface area contributed by atoms with Crippen molar-refractivity contribution in [3.8, 4) is 0 Å². The van der Waals surface area contributed by atoms with Crippen LogP contribution in [-0.2, 0) is 11.2 Å². The first-order valence-corrected chi connectivity index (χ1v) is 12.7. The van der Waals surface area contributed by atoms with Crippen molar-refractivity contribution in [2.24, 2.45) is 17.8 Å². The molecule has 0 spiro atoms. The molecule has 1 saturated carbocycles. The number of carboxylic acid groups (broad SMARTS) is 1. The Bertz CT molecular complexity index is 1160. The highest BCUT2D eigenvalue weighted by Gasteiger charge is 2.34. The Labute approximate surface area is 203 Å². The van der Waals surface area contributed by atoms with Crippen LogP contribution < -0.4 is 5.32 Å². The molecule has 1 aliphatic carbocycles. The number of anilines is 2. The SMILES string of the molecule is Cc1cc2c(cc1CC(=O)O)nc(Nc1ccc(C(C)C)cc1)n2[C@@H]1C[C@H](C)CC[C@H]1C(C)C. The van der Waals surface area contributed by atoms with Gasteiger partial charge in [-0.05, 0) is 84.4 Å². The van der Waals surface area contributed by atoms with Crippen LogP contribution in [0.3, 0.4) is 0 Å². The number of aliphatic carboxylic acids is 1. The molecule has 5 heteroatoms. The van der Waals surface area contributed by atoms with Crippen molar-refractivity contribution in [1.29, 1.82) is 0 Å². The van der Waals surface area contributed by atoms with E-state index in [1.165, 1.54) is 18.4 Å². The molecule has 1 aliphatic rings. The molecule has 0 radical (unpaired) electrons. The molecule has 0 bridgehead atoms. The number of nitrogens with one attached hydrogen (secondary N) is 1. The number of hydrogen-bond donors (Lipinski definition) is 2. The van der Waals surface area contributed by atoms with E-state index in [4.69, 9.17) is 4.98 Å². The van der Waals surface area contributed by atoms with Crippen LogP contribution in [0.5, 0.6) is 0 Å². The molecule has 34 heavy (non-hydrogen) atoms. The number of hydrogen-bond acceptors (Lipinski definition) is 3. The van der Waals surface area contributed by atoms with Crippen molar-refractivity contribution in [2.75, 3.05) is 5.32 Å². The van der Waals surface area contributed by atoms with E-state index in [0.717, 1.165) is 40.2 Å². The Hall–Kier alpha value is -2.82. The molecule has 182 valence electrons. The van der Waals surface area contributed by atoms with Crippen molar-refractivity contribution in [1.82, 2.24) is 9.55 Å². The monoisotopic (exact) mass is 461 g/mol. The van der Waals surface area contributed by atoms with Gasteiger partial charge in [0.1, 0.15) is 0 Å². The van der Waals surface area contributed by atoms with Gasteiger partial charge in [0.15, 0.2) is 0 Å². The van der Waals surface area contributed by atoms with Crippen molar-refractivity contribution in [2.45, 2.75) is 79.2 Å². The second-order valence-electron chi connectivity index (χ2n) is 10.9. The fourth-order valence-corrected chi connectivity index (χ4v) is 5.60. The van der Waals surface area contributed by atoms with Crippen LogP contribution >= 0.6 is 0 Å². The van der Waals surface area contributed by atoms with E-state index in [1.807, 2.05) is 13.0 Å². The first kappa shape index (κ1) is 24.3. The van der Waals surface area contributed by atoms with E-state index in [2.05, 4.69) is 74.8 Å². The molecule has 5 nitrogen and oxygen atoms in total. The number of fused-ring (bicyclic) bond motifs is 1. The minimum Gasteiger partial charge on any atom is -0.481 e. The first-order valence-electron chi connectivity index (χ1n) is 12.7. The molecule has 4 rings (SSSR count). The highest BCUT2D eigenvalue weighted by atomic mass is 16.4. The predicted octanol–water partition coefficient (Wildman–Crippen LogP) is 7.47. The number of aromatic nitrogens is 2. The number of carboxylic acids is 1. The third kappa shape index (κ3) is 4.98. The van der Waals surface area contributed by atoms with Gasteiger partial charge in [-0.25, -0.2) is 4.98 Å². The summed E-state index contributed by atoms with van der Waals surface area (Å²) < 4.78 is 2.42. The summed E-state index contributed by atoms with van der Waals surface area (Å²) in [5.41, 5.74) is 6.13. The highest BCUT2D eigenvalue weighted by Crippen LogP contribution is 2.44. The summed E-state index contributed by atoms with van der Waals surface area (Å²) in [5, 5.41) is 13.0. The molecule has 2 aromatic carbocycles. The molecule has 1 heterocycles. The third-order valence-electron chi connectivity index (χ3n) is 7.64. The number of benzene rings is 2. The lowest BCUT2D eigenvalue weighted by atomic mass is 9.74. The Balaban J connectivity index is 1.84. The fourth-order valence-electron chi connectivity index (χ4n) is 5.60.